The van der Waals surface area contributed by atoms with Crippen LogP contribution in [-0.2, 0) is 16.2 Å². The van der Waals surface area contributed by atoms with Crippen LogP contribution in [0.5, 0.6) is 5.75 Å². The number of aromatic nitrogens is 1. The molecule has 152 valence electrons. The molecule has 0 saturated carbocycles. The number of piperidine rings is 1. The van der Waals surface area contributed by atoms with Gasteiger partial charge in [0.15, 0.2) is 0 Å². The number of rotatable bonds is 5. The van der Waals surface area contributed by atoms with Gasteiger partial charge in [-0.25, -0.2) is 13.4 Å². The Bertz CT molecular complexity index is 892. The lowest BCUT2D eigenvalue weighted by molar-refractivity contribution is -0.137. The molecule has 0 aliphatic carbocycles. The third-order valence-corrected chi connectivity index (χ3v) is 6.51. The van der Waals surface area contributed by atoms with E-state index >= 15 is 0 Å². The normalized spacial score (nSPS) is 16.7. The number of alkyl halides is 3. The van der Waals surface area contributed by atoms with E-state index in [1.165, 1.54) is 29.6 Å². The molecule has 0 amide bonds. The first-order valence-corrected chi connectivity index (χ1v) is 10.1. The minimum atomic E-state index is -4.42. The number of sulfonamides is 1. The van der Waals surface area contributed by atoms with Gasteiger partial charge in [0.25, 0.3) is 0 Å². The molecule has 2 heterocycles. The predicted molar refractivity (Wildman–Crippen MR) is 97.6 cm³/mol. The molecule has 28 heavy (non-hydrogen) atoms. The SMILES string of the molecule is COc1ccc(S(=O)(=O)N2CCC(Nc3ccc(C(F)(F)F)cn3)CC2)cc1. The molecule has 6 nitrogen and oxygen atoms in total. The van der Waals surface area contributed by atoms with E-state index in [4.69, 9.17) is 4.74 Å². The third kappa shape index (κ3) is 4.56. The summed E-state index contributed by atoms with van der Waals surface area (Å²) in [6, 6.07) is 8.39. The van der Waals surface area contributed by atoms with Crippen molar-refractivity contribution in [3.63, 3.8) is 0 Å². The molecule has 1 aliphatic heterocycles. The van der Waals surface area contributed by atoms with Crippen LogP contribution in [0.15, 0.2) is 47.5 Å². The van der Waals surface area contributed by atoms with Gasteiger partial charge in [0, 0.05) is 25.3 Å². The number of hydrogen-bond donors (Lipinski definition) is 1. The topological polar surface area (TPSA) is 71.5 Å². The second kappa shape index (κ2) is 7.96. The molecule has 0 atom stereocenters. The summed E-state index contributed by atoms with van der Waals surface area (Å²) in [5, 5.41) is 3.07. The zero-order valence-corrected chi connectivity index (χ0v) is 15.9. The van der Waals surface area contributed by atoms with Crippen LogP contribution >= 0.6 is 0 Å². The summed E-state index contributed by atoms with van der Waals surface area (Å²) in [4.78, 5) is 3.99. The molecule has 1 aliphatic rings. The number of pyridine rings is 1. The van der Waals surface area contributed by atoms with Gasteiger partial charge < -0.3 is 10.1 Å². The second-order valence-corrected chi connectivity index (χ2v) is 8.37. The van der Waals surface area contributed by atoms with E-state index < -0.39 is 21.8 Å². The number of ether oxygens (including phenoxy) is 1. The highest BCUT2D eigenvalue weighted by Crippen LogP contribution is 2.29. The highest BCUT2D eigenvalue weighted by atomic mass is 32.2. The minimum Gasteiger partial charge on any atom is -0.497 e. The van der Waals surface area contributed by atoms with E-state index in [0.29, 0.717) is 37.5 Å². The Morgan fingerprint density at radius 2 is 1.75 bits per heavy atom. The van der Waals surface area contributed by atoms with Crippen LogP contribution in [0.3, 0.4) is 0 Å². The van der Waals surface area contributed by atoms with Crippen LogP contribution in [0, 0.1) is 0 Å². The molecule has 1 fully saturated rings. The number of benzene rings is 1. The Labute approximate surface area is 161 Å². The van der Waals surface area contributed by atoms with Crippen molar-refractivity contribution in [3.05, 3.63) is 48.2 Å². The fourth-order valence-electron chi connectivity index (χ4n) is 2.99. The maximum absolute atomic E-state index is 12.7. The van der Waals surface area contributed by atoms with E-state index in [-0.39, 0.29) is 10.9 Å². The van der Waals surface area contributed by atoms with Crippen LogP contribution in [-0.4, -0.2) is 43.9 Å². The fraction of sp³-hybridized carbons (Fsp3) is 0.389. The van der Waals surface area contributed by atoms with Gasteiger partial charge in [-0.3, -0.25) is 0 Å². The summed E-state index contributed by atoms with van der Waals surface area (Å²) in [7, 11) is -2.09. The Morgan fingerprint density at radius 1 is 1.11 bits per heavy atom. The average molecular weight is 415 g/mol. The highest BCUT2D eigenvalue weighted by molar-refractivity contribution is 7.89. The first-order chi connectivity index (χ1) is 13.2. The molecular formula is C18H20F3N3O3S. The molecule has 0 unspecified atom stereocenters. The van der Waals surface area contributed by atoms with Gasteiger partial charge in [0.1, 0.15) is 11.6 Å². The van der Waals surface area contributed by atoms with E-state index in [0.717, 1.165) is 12.3 Å². The zero-order valence-electron chi connectivity index (χ0n) is 15.1. The van der Waals surface area contributed by atoms with Gasteiger partial charge >= 0.3 is 6.18 Å². The van der Waals surface area contributed by atoms with Crippen molar-refractivity contribution >= 4 is 15.8 Å². The Morgan fingerprint density at radius 3 is 2.25 bits per heavy atom. The quantitative estimate of drug-likeness (QED) is 0.811. The Kier molecular flexibility index (Phi) is 5.80. The van der Waals surface area contributed by atoms with Crippen LogP contribution in [0.4, 0.5) is 19.0 Å². The van der Waals surface area contributed by atoms with E-state index in [1.807, 2.05) is 0 Å². The monoisotopic (exact) mass is 415 g/mol. The Hall–Kier alpha value is -2.33. The van der Waals surface area contributed by atoms with Gasteiger partial charge in [0.2, 0.25) is 10.0 Å². The first-order valence-electron chi connectivity index (χ1n) is 8.64. The third-order valence-electron chi connectivity index (χ3n) is 4.59. The average Bonchev–Trinajstić information content (AvgIpc) is 2.68. The lowest BCUT2D eigenvalue weighted by atomic mass is 10.1. The van der Waals surface area contributed by atoms with Crippen LogP contribution in [0.25, 0.3) is 0 Å². The van der Waals surface area contributed by atoms with Gasteiger partial charge in [-0.15, -0.1) is 0 Å². The van der Waals surface area contributed by atoms with Crippen molar-refractivity contribution in [2.75, 3.05) is 25.5 Å². The first kappa shape index (κ1) is 20.4. The van der Waals surface area contributed by atoms with Gasteiger partial charge in [-0.05, 0) is 49.2 Å². The van der Waals surface area contributed by atoms with Crippen molar-refractivity contribution in [2.45, 2.75) is 30.0 Å². The van der Waals surface area contributed by atoms with Crippen molar-refractivity contribution in [3.8, 4) is 5.75 Å². The van der Waals surface area contributed by atoms with Crippen molar-refractivity contribution in [1.82, 2.24) is 9.29 Å². The largest absolute Gasteiger partial charge is 0.497 e. The number of methoxy groups -OCH3 is 1. The number of halogens is 3. The lowest BCUT2D eigenvalue weighted by Gasteiger charge is -2.32. The highest BCUT2D eigenvalue weighted by Gasteiger charge is 2.31. The second-order valence-electron chi connectivity index (χ2n) is 6.43. The van der Waals surface area contributed by atoms with Crippen molar-refractivity contribution < 1.29 is 26.3 Å². The molecule has 0 spiro atoms. The van der Waals surface area contributed by atoms with Crippen LogP contribution in [0.2, 0.25) is 0 Å². The summed E-state index contributed by atoms with van der Waals surface area (Å²) in [6.07, 6.45) is -2.59. The number of anilines is 1. The standard InChI is InChI=1S/C18H20F3N3O3S/c1-27-15-3-5-16(6-4-15)28(25,26)24-10-8-14(9-11-24)23-17-7-2-13(12-22-17)18(19,20)21/h2-7,12,14H,8-11H2,1H3,(H,22,23). The molecule has 0 radical (unpaired) electrons. The van der Waals surface area contributed by atoms with Crippen molar-refractivity contribution in [2.24, 2.45) is 0 Å². The van der Waals surface area contributed by atoms with Gasteiger partial charge in [-0.2, -0.15) is 17.5 Å². The number of nitrogens with one attached hydrogen (secondary N) is 1. The molecule has 2 aromatic rings. The smallest absolute Gasteiger partial charge is 0.417 e. The van der Waals surface area contributed by atoms with Crippen molar-refractivity contribution in [1.29, 1.82) is 0 Å². The molecule has 0 bridgehead atoms. The minimum absolute atomic E-state index is 0.0634. The van der Waals surface area contributed by atoms with E-state index in [9.17, 15) is 21.6 Å². The number of hydrogen-bond acceptors (Lipinski definition) is 5. The molecule has 1 N–H and O–H groups in total. The van der Waals surface area contributed by atoms with Gasteiger partial charge in [-0.1, -0.05) is 0 Å². The molecule has 10 heteroatoms. The van der Waals surface area contributed by atoms with E-state index in [2.05, 4.69) is 10.3 Å². The maximum atomic E-state index is 12.7. The predicted octanol–water partition coefficient (Wildman–Crippen LogP) is 3.37. The number of nitrogens with zero attached hydrogens (tertiary/aromatic N) is 2. The summed E-state index contributed by atoms with van der Waals surface area (Å²) in [5.74, 6) is 0.912. The Balaban J connectivity index is 1.59. The van der Waals surface area contributed by atoms with Crippen LogP contribution in [0.1, 0.15) is 18.4 Å². The summed E-state index contributed by atoms with van der Waals surface area (Å²) in [5.41, 5.74) is -0.807. The summed E-state index contributed by atoms with van der Waals surface area (Å²) in [6.45, 7) is 0.624. The summed E-state index contributed by atoms with van der Waals surface area (Å²) >= 11 is 0. The van der Waals surface area contributed by atoms with Crippen LogP contribution < -0.4 is 10.1 Å². The fourth-order valence-corrected chi connectivity index (χ4v) is 4.46. The molecule has 1 saturated heterocycles. The molecular weight excluding hydrogens is 395 g/mol. The lowest BCUT2D eigenvalue weighted by Crippen LogP contribution is -2.42. The van der Waals surface area contributed by atoms with Gasteiger partial charge in [0.05, 0.1) is 17.6 Å². The molecule has 1 aromatic carbocycles. The molecule has 1 aromatic heterocycles. The molecule has 3 rings (SSSR count). The zero-order chi connectivity index (χ0) is 20.4. The summed E-state index contributed by atoms with van der Waals surface area (Å²) < 4.78 is 69.7. The maximum Gasteiger partial charge on any atom is 0.417 e. The van der Waals surface area contributed by atoms with E-state index in [1.54, 1.807) is 12.1 Å².